The first-order valence-corrected chi connectivity index (χ1v) is 13.9. The van der Waals surface area contributed by atoms with Gasteiger partial charge in [-0.3, -0.25) is 9.59 Å². The van der Waals surface area contributed by atoms with Crippen molar-refractivity contribution in [2.75, 3.05) is 13.2 Å². The molecule has 0 aliphatic rings. The van der Waals surface area contributed by atoms with Crippen molar-refractivity contribution in [2.45, 2.75) is 149 Å². The highest BCUT2D eigenvalue weighted by Crippen LogP contribution is 2.15. The molecule has 32 heavy (non-hydrogen) atoms. The Kier molecular flexibility index (Phi) is 23.8. The fraction of sp³-hybridized carbons (Fsp3) is 0.929. The van der Waals surface area contributed by atoms with Gasteiger partial charge in [0.25, 0.3) is 0 Å². The van der Waals surface area contributed by atoms with Crippen LogP contribution in [0.5, 0.6) is 0 Å². The van der Waals surface area contributed by atoms with Gasteiger partial charge in [0, 0.05) is 6.42 Å². The predicted molar refractivity (Wildman–Crippen MR) is 135 cm³/mol. The molecule has 0 spiro atoms. The molecular weight excluding hydrogens is 400 g/mol. The molecule has 0 aromatic carbocycles. The van der Waals surface area contributed by atoms with E-state index in [1.807, 2.05) is 6.92 Å². The first-order chi connectivity index (χ1) is 15.6. The smallest absolute Gasteiger partial charge is 0.308 e. The highest BCUT2D eigenvalue weighted by atomic mass is 16.5. The molecule has 0 fully saturated rings. The maximum absolute atomic E-state index is 12.0. The molecular formula is C28H54O4. The molecule has 4 heteroatoms. The number of carbonyl (C=O) groups excluding carboxylic acids is 2. The van der Waals surface area contributed by atoms with Gasteiger partial charge in [0.15, 0.2) is 0 Å². The minimum Gasteiger partial charge on any atom is -0.466 e. The minimum absolute atomic E-state index is 0.0123. The normalized spacial score (nSPS) is 12.0. The van der Waals surface area contributed by atoms with Crippen LogP contribution in [-0.4, -0.2) is 25.2 Å². The van der Waals surface area contributed by atoms with Gasteiger partial charge in [-0.05, 0) is 25.7 Å². The van der Waals surface area contributed by atoms with Gasteiger partial charge in [-0.1, -0.05) is 117 Å². The third-order valence-electron chi connectivity index (χ3n) is 6.17. The van der Waals surface area contributed by atoms with Crippen LogP contribution in [0.2, 0.25) is 0 Å². The lowest BCUT2D eigenvalue weighted by Gasteiger charge is -2.11. The first-order valence-electron chi connectivity index (χ1n) is 13.9. The molecule has 190 valence electrons. The number of carbonyl (C=O) groups is 2. The Hall–Kier alpha value is -1.06. The summed E-state index contributed by atoms with van der Waals surface area (Å²) in [5.41, 5.74) is 0. The van der Waals surface area contributed by atoms with Gasteiger partial charge in [-0.15, -0.1) is 0 Å². The van der Waals surface area contributed by atoms with Crippen LogP contribution in [0.1, 0.15) is 149 Å². The Bertz CT molecular complexity index is 422. The molecule has 0 aromatic heterocycles. The topological polar surface area (TPSA) is 52.6 Å². The van der Waals surface area contributed by atoms with E-state index in [2.05, 4.69) is 13.8 Å². The second-order valence-electron chi connectivity index (χ2n) is 9.48. The first kappa shape index (κ1) is 30.9. The zero-order chi connectivity index (χ0) is 23.7. The third kappa shape index (κ3) is 22.1. The van der Waals surface area contributed by atoms with Gasteiger partial charge in [0.2, 0.25) is 0 Å². The van der Waals surface area contributed by atoms with Crippen LogP contribution in [0.4, 0.5) is 0 Å². The Morgan fingerprint density at radius 3 is 1.53 bits per heavy atom. The van der Waals surface area contributed by atoms with Crippen molar-refractivity contribution in [3.63, 3.8) is 0 Å². The van der Waals surface area contributed by atoms with E-state index in [0.717, 1.165) is 51.4 Å². The zero-order valence-electron chi connectivity index (χ0n) is 21.8. The van der Waals surface area contributed by atoms with Crippen LogP contribution in [0.25, 0.3) is 0 Å². The van der Waals surface area contributed by atoms with Gasteiger partial charge in [0.1, 0.15) is 0 Å². The van der Waals surface area contributed by atoms with E-state index >= 15 is 0 Å². The van der Waals surface area contributed by atoms with Crippen LogP contribution in [-0.2, 0) is 19.1 Å². The van der Waals surface area contributed by atoms with Gasteiger partial charge in [0.05, 0.1) is 19.1 Å². The van der Waals surface area contributed by atoms with Crippen LogP contribution in [0, 0.1) is 5.92 Å². The molecule has 1 unspecified atom stereocenters. The average Bonchev–Trinajstić information content (AvgIpc) is 2.79. The summed E-state index contributed by atoms with van der Waals surface area (Å²) in [5, 5.41) is 0. The third-order valence-corrected chi connectivity index (χ3v) is 6.17. The molecule has 0 heterocycles. The number of rotatable bonds is 24. The van der Waals surface area contributed by atoms with E-state index in [1.165, 1.54) is 70.6 Å². The molecule has 0 bridgehead atoms. The van der Waals surface area contributed by atoms with Gasteiger partial charge in [-0.25, -0.2) is 0 Å². The number of esters is 2. The van der Waals surface area contributed by atoms with Gasteiger partial charge >= 0.3 is 11.9 Å². The maximum Gasteiger partial charge on any atom is 0.308 e. The maximum atomic E-state index is 12.0. The second-order valence-corrected chi connectivity index (χ2v) is 9.48. The molecule has 0 aliphatic heterocycles. The lowest BCUT2D eigenvalue weighted by atomic mass is 10.0. The summed E-state index contributed by atoms with van der Waals surface area (Å²) in [7, 11) is 0. The predicted octanol–water partition coefficient (Wildman–Crippen LogP) is 8.55. The number of unbranched alkanes of at least 4 members (excludes halogenated alkanes) is 15. The highest BCUT2D eigenvalue weighted by molar-refractivity contribution is 5.71. The van der Waals surface area contributed by atoms with Crippen LogP contribution < -0.4 is 0 Å². The molecule has 0 rings (SSSR count). The summed E-state index contributed by atoms with van der Waals surface area (Å²) < 4.78 is 10.7. The summed E-state index contributed by atoms with van der Waals surface area (Å²) in [5.74, 6) is 0.0114. The molecule has 0 N–H and O–H groups in total. The van der Waals surface area contributed by atoms with Crippen molar-refractivity contribution in [3.05, 3.63) is 0 Å². The summed E-state index contributed by atoms with van der Waals surface area (Å²) in [6, 6.07) is 0. The molecule has 1 atom stereocenters. The Labute approximate surface area is 199 Å². The van der Waals surface area contributed by atoms with E-state index in [4.69, 9.17) is 9.47 Å². The summed E-state index contributed by atoms with van der Waals surface area (Å²) in [4.78, 5) is 23.6. The average molecular weight is 455 g/mol. The Balaban J connectivity index is 3.31. The van der Waals surface area contributed by atoms with E-state index in [1.54, 1.807) is 0 Å². The standard InChI is InChI=1S/C28H54O4/c1-4-6-8-20-24-31-27(29)23-19-17-15-13-11-10-12-14-16-18-22-26(3)28(30)32-25-21-9-7-5-2/h26H,4-25H2,1-3H3. The molecule has 0 aliphatic carbocycles. The van der Waals surface area contributed by atoms with E-state index < -0.39 is 0 Å². The van der Waals surface area contributed by atoms with Crippen molar-refractivity contribution in [1.82, 2.24) is 0 Å². The summed E-state index contributed by atoms with van der Waals surface area (Å²) in [6.45, 7) is 7.56. The lowest BCUT2D eigenvalue weighted by Crippen LogP contribution is -2.15. The van der Waals surface area contributed by atoms with E-state index in [0.29, 0.717) is 19.6 Å². The van der Waals surface area contributed by atoms with Crippen molar-refractivity contribution in [1.29, 1.82) is 0 Å². The van der Waals surface area contributed by atoms with Crippen molar-refractivity contribution >= 4 is 11.9 Å². The van der Waals surface area contributed by atoms with Crippen LogP contribution >= 0.6 is 0 Å². The van der Waals surface area contributed by atoms with Crippen molar-refractivity contribution in [2.24, 2.45) is 5.92 Å². The van der Waals surface area contributed by atoms with Crippen LogP contribution in [0.15, 0.2) is 0 Å². The van der Waals surface area contributed by atoms with Gasteiger partial charge in [-0.2, -0.15) is 0 Å². The molecule has 0 amide bonds. The summed E-state index contributed by atoms with van der Waals surface area (Å²) in [6.07, 6.45) is 22.8. The lowest BCUT2D eigenvalue weighted by molar-refractivity contribution is -0.148. The number of hydrogen-bond donors (Lipinski definition) is 0. The zero-order valence-corrected chi connectivity index (χ0v) is 21.8. The van der Waals surface area contributed by atoms with Crippen LogP contribution in [0.3, 0.4) is 0 Å². The van der Waals surface area contributed by atoms with E-state index in [-0.39, 0.29) is 17.9 Å². The quantitative estimate of drug-likeness (QED) is 0.108. The molecule has 4 nitrogen and oxygen atoms in total. The number of ether oxygens (including phenoxy) is 2. The fourth-order valence-corrected chi connectivity index (χ4v) is 3.88. The van der Waals surface area contributed by atoms with Gasteiger partial charge < -0.3 is 9.47 Å². The SMILES string of the molecule is CCCCCCOC(=O)CCCCCCCCCCCCC(C)C(=O)OCCCCCC. The molecule has 0 aromatic rings. The second kappa shape index (κ2) is 24.6. The minimum atomic E-state index is -0.0175. The summed E-state index contributed by atoms with van der Waals surface area (Å²) >= 11 is 0. The molecule has 0 saturated heterocycles. The monoisotopic (exact) mass is 454 g/mol. The highest BCUT2D eigenvalue weighted by Gasteiger charge is 2.13. The Morgan fingerprint density at radius 1 is 0.562 bits per heavy atom. The number of hydrogen-bond acceptors (Lipinski definition) is 4. The van der Waals surface area contributed by atoms with Crippen molar-refractivity contribution < 1.29 is 19.1 Å². The fourth-order valence-electron chi connectivity index (χ4n) is 3.88. The Morgan fingerprint density at radius 2 is 1.00 bits per heavy atom. The van der Waals surface area contributed by atoms with E-state index in [9.17, 15) is 9.59 Å². The molecule has 0 saturated carbocycles. The molecule has 0 radical (unpaired) electrons. The largest absolute Gasteiger partial charge is 0.466 e. The van der Waals surface area contributed by atoms with Crippen molar-refractivity contribution in [3.8, 4) is 0 Å².